The van der Waals surface area contributed by atoms with Crippen LogP contribution in [0, 0.1) is 17.1 Å². The number of carbonyl (C=O) groups excluding carboxylic acids is 1. The van der Waals surface area contributed by atoms with Crippen LogP contribution in [0.4, 0.5) is 10.2 Å². The Balaban J connectivity index is 0.000000273. The van der Waals surface area contributed by atoms with Crippen molar-refractivity contribution < 1.29 is 14.3 Å². The first-order valence-corrected chi connectivity index (χ1v) is 14.9. The van der Waals surface area contributed by atoms with Crippen LogP contribution in [0.15, 0.2) is 66.7 Å². The van der Waals surface area contributed by atoms with Crippen molar-refractivity contribution in [2.45, 2.75) is 45.7 Å². The number of hydrogen-bond acceptors (Lipinski definition) is 7. The van der Waals surface area contributed by atoms with E-state index in [2.05, 4.69) is 47.1 Å². The van der Waals surface area contributed by atoms with Gasteiger partial charge >= 0.3 is 0 Å². The number of pyridine rings is 1. The fourth-order valence-electron chi connectivity index (χ4n) is 5.33. The zero-order chi connectivity index (χ0) is 30.8. The molecule has 2 heterocycles. The van der Waals surface area contributed by atoms with E-state index in [0.717, 1.165) is 29.5 Å². The number of likely N-dealkylation sites (N-methyl/N-ethyl adjacent to an activating group) is 1. The first-order chi connectivity index (χ1) is 20.8. The number of aromatic nitrogens is 1. The molecule has 0 saturated carbocycles. The van der Waals surface area contributed by atoms with Crippen molar-refractivity contribution in [1.29, 1.82) is 5.26 Å². The average molecular weight is 582 g/mol. The largest absolute Gasteiger partial charge is 0.507 e. The van der Waals surface area contributed by atoms with Gasteiger partial charge in [0.2, 0.25) is 0 Å². The number of nitrogens with one attached hydrogen (secondary N) is 1. The van der Waals surface area contributed by atoms with Crippen LogP contribution >= 0.6 is 0 Å². The Labute approximate surface area is 253 Å². The molecule has 7 nitrogen and oxygen atoms in total. The van der Waals surface area contributed by atoms with Crippen molar-refractivity contribution in [3.05, 3.63) is 89.2 Å². The maximum absolute atomic E-state index is 13.1. The molecule has 1 fully saturated rings. The highest BCUT2D eigenvalue weighted by molar-refractivity contribution is 5.99. The van der Waals surface area contributed by atoms with Crippen molar-refractivity contribution in [2.24, 2.45) is 0 Å². The summed E-state index contributed by atoms with van der Waals surface area (Å²) < 4.78 is 13.1. The number of halogens is 1. The van der Waals surface area contributed by atoms with E-state index in [1.807, 2.05) is 30.3 Å². The molecule has 1 aliphatic heterocycles. The van der Waals surface area contributed by atoms with E-state index in [4.69, 9.17) is 5.26 Å². The summed E-state index contributed by atoms with van der Waals surface area (Å²) in [6.07, 6.45) is 4.87. The van der Waals surface area contributed by atoms with Gasteiger partial charge in [0.1, 0.15) is 17.4 Å². The second-order valence-electron chi connectivity index (χ2n) is 10.9. The second-order valence-corrected chi connectivity index (χ2v) is 10.9. The maximum atomic E-state index is 13.1. The van der Waals surface area contributed by atoms with Crippen LogP contribution in [0.3, 0.4) is 0 Å². The number of nitrogens with zero attached hydrogens (tertiary/aromatic N) is 4. The topological polar surface area (TPSA) is 92.5 Å². The van der Waals surface area contributed by atoms with Gasteiger partial charge in [-0.3, -0.25) is 4.79 Å². The number of aromatic hydroxyl groups is 1. The lowest BCUT2D eigenvalue weighted by molar-refractivity contribution is 0.112. The summed E-state index contributed by atoms with van der Waals surface area (Å²) in [7, 11) is 2.24. The molecule has 1 unspecified atom stereocenters. The van der Waals surface area contributed by atoms with Gasteiger partial charge in [0, 0.05) is 41.7 Å². The van der Waals surface area contributed by atoms with E-state index < -0.39 is 5.82 Å². The minimum absolute atomic E-state index is 0.147. The van der Waals surface area contributed by atoms with E-state index in [9.17, 15) is 14.3 Å². The van der Waals surface area contributed by atoms with E-state index in [-0.39, 0.29) is 12.3 Å². The van der Waals surface area contributed by atoms with Gasteiger partial charge < -0.3 is 20.2 Å². The monoisotopic (exact) mass is 581 g/mol. The van der Waals surface area contributed by atoms with E-state index in [1.54, 1.807) is 18.2 Å². The Bertz CT molecular complexity index is 1560. The van der Waals surface area contributed by atoms with Crippen LogP contribution < -0.4 is 5.32 Å². The lowest BCUT2D eigenvalue weighted by Gasteiger charge is -2.29. The summed E-state index contributed by atoms with van der Waals surface area (Å²) in [6, 6.07) is 21.1. The zero-order valence-corrected chi connectivity index (χ0v) is 25.2. The summed E-state index contributed by atoms with van der Waals surface area (Å²) in [5.41, 5.74) is 4.06. The van der Waals surface area contributed by atoms with Crippen LogP contribution in [-0.2, 0) is 6.54 Å². The molecule has 0 radical (unpaired) electrons. The average Bonchev–Trinajstić information content (AvgIpc) is 3.56. The SMILES string of the molecule is CCC(CN1CCCC1)N(C)CC.N#Cc1ccc(-c2ccc3nc(NCc4ccc(F)cc4O)cc(C=O)c3c2)cc1. The quantitative estimate of drug-likeness (QED) is 0.198. The normalized spacial score (nSPS) is 13.8. The van der Waals surface area contributed by atoms with Crippen LogP contribution in [0.2, 0.25) is 0 Å². The van der Waals surface area contributed by atoms with Gasteiger partial charge in [-0.2, -0.15) is 5.26 Å². The smallest absolute Gasteiger partial charge is 0.150 e. The van der Waals surface area contributed by atoms with E-state index in [0.29, 0.717) is 33.4 Å². The van der Waals surface area contributed by atoms with Crippen molar-refractivity contribution in [3.63, 3.8) is 0 Å². The molecular weight excluding hydrogens is 541 g/mol. The molecule has 43 heavy (non-hydrogen) atoms. The number of likely N-dealkylation sites (tertiary alicyclic amines) is 1. The first-order valence-electron chi connectivity index (χ1n) is 14.9. The Kier molecular flexibility index (Phi) is 11.2. The molecule has 0 aliphatic carbocycles. The Morgan fingerprint density at radius 1 is 1.07 bits per heavy atom. The number of fused-ring (bicyclic) bond motifs is 1. The lowest BCUT2D eigenvalue weighted by atomic mass is 10.0. The molecule has 1 aromatic heterocycles. The standard InChI is InChI=1S/C24H16FN3O2.C11H24N2/c25-20-7-5-18(23(30)11-20)13-27-24-10-19(14-29)21-9-17(6-8-22(21)28-24)16-3-1-15(12-26)2-4-16;1-4-11(12(3)5-2)10-13-8-6-7-9-13/h1-11,14,30H,13H2,(H,27,28);11H,4-10H2,1-3H3. The third-order valence-corrected chi connectivity index (χ3v) is 8.08. The molecular formula is C35H40FN5O2. The number of nitriles is 1. The first kappa shape index (κ1) is 31.6. The third kappa shape index (κ3) is 8.38. The number of aldehydes is 1. The van der Waals surface area contributed by atoms with Gasteiger partial charge in [0.15, 0.2) is 6.29 Å². The minimum atomic E-state index is -0.513. The predicted molar refractivity (Wildman–Crippen MR) is 171 cm³/mol. The van der Waals surface area contributed by atoms with Gasteiger partial charge in [-0.25, -0.2) is 9.37 Å². The molecule has 3 aromatic carbocycles. The van der Waals surface area contributed by atoms with Gasteiger partial charge in [-0.15, -0.1) is 0 Å². The van der Waals surface area contributed by atoms with Crippen LogP contribution in [0.5, 0.6) is 5.75 Å². The summed E-state index contributed by atoms with van der Waals surface area (Å²) >= 11 is 0. The van der Waals surface area contributed by atoms with E-state index >= 15 is 0 Å². The number of phenols is 1. The van der Waals surface area contributed by atoms with Crippen LogP contribution in [-0.4, -0.2) is 65.4 Å². The van der Waals surface area contributed by atoms with Gasteiger partial charge in [-0.1, -0.05) is 38.1 Å². The lowest BCUT2D eigenvalue weighted by Crippen LogP contribution is -2.40. The molecule has 1 saturated heterocycles. The van der Waals surface area contributed by atoms with Crippen molar-refractivity contribution in [2.75, 3.05) is 38.5 Å². The molecule has 1 aliphatic rings. The number of rotatable bonds is 10. The van der Waals surface area contributed by atoms with E-state index in [1.165, 1.54) is 57.6 Å². The van der Waals surface area contributed by atoms with Gasteiger partial charge in [-0.05, 0) is 93.5 Å². The number of anilines is 1. The number of phenolic OH excluding ortho intramolecular Hbond substituents is 1. The Morgan fingerprint density at radius 2 is 1.79 bits per heavy atom. The molecule has 224 valence electrons. The van der Waals surface area contributed by atoms with Crippen molar-refractivity contribution in [3.8, 4) is 22.9 Å². The van der Waals surface area contributed by atoms with Crippen molar-refractivity contribution in [1.82, 2.24) is 14.8 Å². The van der Waals surface area contributed by atoms with Gasteiger partial charge in [0.05, 0.1) is 17.1 Å². The highest BCUT2D eigenvalue weighted by Gasteiger charge is 2.18. The summed E-state index contributed by atoms with van der Waals surface area (Å²) in [4.78, 5) is 21.3. The molecule has 4 aromatic rings. The Morgan fingerprint density at radius 3 is 2.42 bits per heavy atom. The summed E-state index contributed by atoms with van der Waals surface area (Å²) in [6.45, 7) is 9.88. The fraction of sp³-hybridized carbons (Fsp3) is 0.343. The van der Waals surface area contributed by atoms with Gasteiger partial charge in [0.25, 0.3) is 0 Å². The number of carbonyl (C=O) groups is 1. The molecule has 0 bridgehead atoms. The summed E-state index contributed by atoms with van der Waals surface area (Å²) in [5.74, 6) is -0.188. The second kappa shape index (κ2) is 15.2. The predicted octanol–water partition coefficient (Wildman–Crippen LogP) is 6.86. The highest BCUT2D eigenvalue weighted by Crippen LogP contribution is 2.28. The summed E-state index contributed by atoms with van der Waals surface area (Å²) in [5, 5.41) is 22.6. The fourth-order valence-corrected chi connectivity index (χ4v) is 5.33. The van der Waals surface area contributed by atoms with Crippen molar-refractivity contribution >= 4 is 23.0 Å². The van der Waals surface area contributed by atoms with Crippen LogP contribution in [0.1, 0.15) is 54.6 Å². The van der Waals surface area contributed by atoms with Crippen LogP contribution in [0.25, 0.3) is 22.0 Å². The maximum Gasteiger partial charge on any atom is 0.150 e. The number of hydrogen-bond donors (Lipinski definition) is 2. The highest BCUT2D eigenvalue weighted by atomic mass is 19.1. The Hall–Kier alpha value is -4.32. The molecule has 1 atom stereocenters. The molecule has 5 rings (SSSR count). The molecule has 0 spiro atoms. The molecule has 8 heteroatoms. The minimum Gasteiger partial charge on any atom is -0.507 e. The molecule has 0 amide bonds. The molecule has 2 N–H and O–H groups in total. The number of benzene rings is 3. The zero-order valence-electron chi connectivity index (χ0n) is 25.2. The third-order valence-electron chi connectivity index (χ3n) is 8.08.